The molecule has 1 aromatic heterocycles. The van der Waals surface area contributed by atoms with Gasteiger partial charge in [0.2, 0.25) is 10.0 Å². The van der Waals surface area contributed by atoms with E-state index in [0.717, 1.165) is 22.2 Å². The van der Waals surface area contributed by atoms with Crippen molar-refractivity contribution >= 4 is 44.2 Å². The molecule has 2 heterocycles. The number of halogens is 1. The number of benzene rings is 2. The number of hydrogen-bond acceptors (Lipinski definition) is 4. The molecule has 2 aromatic carbocycles. The highest BCUT2D eigenvalue weighted by atomic mass is 35.5. The fraction of sp³-hybridized carbons (Fsp3) is 0.423. The topological polar surface area (TPSA) is 88.8 Å². The summed E-state index contributed by atoms with van der Waals surface area (Å²) in [6.07, 6.45) is -0.130. The second-order valence-electron chi connectivity index (χ2n) is 10.3. The maximum absolute atomic E-state index is 12.9. The van der Waals surface area contributed by atoms with Gasteiger partial charge in [0.15, 0.2) is 6.10 Å². The summed E-state index contributed by atoms with van der Waals surface area (Å²) >= 11 is 6.17. The molecule has 7 nitrogen and oxygen atoms in total. The summed E-state index contributed by atoms with van der Waals surface area (Å²) in [6, 6.07) is 9.13. The molecule has 0 radical (unpaired) electrons. The Morgan fingerprint density at radius 3 is 2.31 bits per heavy atom. The van der Waals surface area contributed by atoms with Crippen LogP contribution in [0.5, 0.6) is 0 Å². The van der Waals surface area contributed by atoms with E-state index in [1.165, 1.54) is 10.6 Å². The molecular formula is C26H31ClN2O5S. The molecule has 2 unspecified atom stereocenters. The Morgan fingerprint density at radius 1 is 1.20 bits per heavy atom. The maximum atomic E-state index is 12.9. The lowest BCUT2D eigenvalue weighted by Crippen LogP contribution is -2.39. The molecule has 35 heavy (non-hydrogen) atoms. The minimum Gasteiger partial charge on any atom is -0.479 e. The highest BCUT2D eigenvalue weighted by molar-refractivity contribution is 7.92. The van der Waals surface area contributed by atoms with E-state index in [-0.39, 0.29) is 12.6 Å². The van der Waals surface area contributed by atoms with E-state index in [0.29, 0.717) is 27.4 Å². The van der Waals surface area contributed by atoms with Crippen LogP contribution in [-0.2, 0) is 19.6 Å². The van der Waals surface area contributed by atoms with Crippen molar-refractivity contribution in [2.24, 2.45) is 0 Å². The number of aromatic nitrogens is 1. The Bertz CT molecular complexity index is 1440. The second-order valence-corrected chi connectivity index (χ2v) is 12.6. The predicted molar refractivity (Wildman–Crippen MR) is 140 cm³/mol. The predicted octanol–water partition coefficient (Wildman–Crippen LogP) is 5.86. The number of carboxylic acids is 1. The van der Waals surface area contributed by atoms with Crippen LogP contribution in [0.2, 0.25) is 5.02 Å². The number of aryl methyl sites for hydroxylation is 1. The highest BCUT2D eigenvalue weighted by Gasteiger charge is 2.39. The lowest BCUT2D eigenvalue weighted by Gasteiger charge is -2.37. The Hall–Kier alpha value is -2.55. The van der Waals surface area contributed by atoms with E-state index in [1.807, 2.05) is 32.0 Å². The number of anilines is 1. The Morgan fingerprint density at radius 2 is 1.80 bits per heavy atom. The average molecular weight is 519 g/mol. The third kappa shape index (κ3) is 4.43. The number of rotatable bonds is 5. The molecular weight excluding hydrogens is 488 g/mol. The third-order valence-electron chi connectivity index (χ3n) is 6.36. The Kier molecular flexibility index (Phi) is 6.23. The zero-order valence-electron chi connectivity index (χ0n) is 21.0. The molecule has 1 N–H and O–H groups in total. The van der Waals surface area contributed by atoms with Gasteiger partial charge in [-0.25, -0.2) is 13.2 Å². The average Bonchev–Trinajstić information content (AvgIpc) is 3.06. The maximum Gasteiger partial charge on any atom is 0.337 e. The van der Waals surface area contributed by atoms with Crippen LogP contribution in [0.4, 0.5) is 5.69 Å². The van der Waals surface area contributed by atoms with Crippen molar-refractivity contribution in [1.29, 1.82) is 0 Å². The van der Waals surface area contributed by atoms with Crippen LogP contribution in [0.1, 0.15) is 56.7 Å². The molecule has 2 atom stereocenters. The van der Waals surface area contributed by atoms with Crippen molar-refractivity contribution in [3.8, 4) is 11.1 Å². The SMILES string of the molecule is Cc1c(C(OC(C)(C)C)C(=O)O)c(-c2ccc(Cl)cc2)c2cc(C)n3c2c1N(S(C)(=O)=O)CC3C. The first-order valence-corrected chi connectivity index (χ1v) is 13.7. The number of hydrogen-bond donors (Lipinski definition) is 1. The van der Waals surface area contributed by atoms with Gasteiger partial charge in [0, 0.05) is 27.7 Å². The molecule has 1 aliphatic rings. The first kappa shape index (κ1) is 25.5. The summed E-state index contributed by atoms with van der Waals surface area (Å²) in [4.78, 5) is 12.6. The van der Waals surface area contributed by atoms with Gasteiger partial charge >= 0.3 is 5.97 Å². The van der Waals surface area contributed by atoms with Gasteiger partial charge in [-0.05, 0) is 76.4 Å². The summed E-state index contributed by atoms with van der Waals surface area (Å²) in [5.74, 6) is -1.14. The molecule has 3 aromatic rings. The fourth-order valence-corrected chi connectivity index (χ4v) is 6.32. The fourth-order valence-electron chi connectivity index (χ4n) is 5.15. The molecule has 0 spiro atoms. The van der Waals surface area contributed by atoms with Crippen LogP contribution >= 0.6 is 11.6 Å². The van der Waals surface area contributed by atoms with Gasteiger partial charge in [0.25, 0.3) is 0 Å². The summed E-state index contributed by atoms with van der Waals surface area (Å²) in [5, 5.41) is 11.7. The lowest BCUT2D eigenvalue weighted by molar-refractivity contribution is -0.160. The zero-order valence-corrected chi connectivity index (χ0v) is 22.6. The molecule has 188 valence electrons. The second kappa shape index (κ2) is 8.54. The molecule has 9 heteroatoms. The van der Waals surface area contributed by atoms with E-state index in [1.54, 1.807) is 39.8 Å². The van der Waals surface area contributed by atoms with Gasteiger partial charge in [-0.1, -0.05) is 23.7 Å². The van der Waals surface area contributed by atoms with Gasteiger partial charge in [0.05, 0.1) is 29.6 Å². The van der Waals surface area contributed by atoms with E-state index >= 15 is 0 Å². The molecule has 4 rings (SSSR count). The molecule has 0 saturated heterocycles. The normalized spacial score (nSPS) is 17.1. The first-order valence-electron chi connectivity index (χ1n) is 11.4. The quantitative estimate of drug-likeness (QED) is 0.457. The molecule has 0 fully saturated rings. The minimum atomic E-state index is -3.63. The third-order valence-corrected chi connectivity index (χ3v) is 7.75. The van der Waals surface area contributed by atoms with Crippen LogP contribution in [-0.4, -0.2) is 42.5 Å². The Balaban J connectivity index is 2.24. The highest BCUT2D eigenvalue weighted by Crippen LogP contribution is 2.49. The number of carboxylic acid groups (broad SMARTS) is 1. The van der Waals surface area contributed by atoms with Gasteiger partial charge in [-0.15, -0.1) is 0 Å². The van der Waals surface area contributed by atoms with E-state index in [4.69, 9.17) is 16.3 Å². The van der Waals surface area contributed by atoms with Crippen molar-refractivity contribution in [3.63, 3.8) is 0 Å². The summed E-state index contributed by atoms with van der Waals surface area (Å²) < 4.78 is 35.5. The van der Waals surface area contributed by atoms with Gasteiger partial charge < -0.3 is 14.4 Å². The van der Waals surface area contributed by atoms with E-state index in [2.05, 4.69) is 4.57 Å². The van der Waals surface area contributed by atoms with E-state index < -0.39 is 27.7 Å². The number of sulfonamides is 1. The van der Waals surface area contributed by atoms with Crippen molar-refractivity contribution < 1.29 is 23.1 Å². The summed E-state index contributed by atoms with van der Waals surface area (Å²) in [5.41, 5.74) is 3.99. The van der Waals surface area contributed by atoms with Crippen molar-refractivity contribution in [1.82, 2.24) is 4.57 Å². The molecule has 0 bridgehead atoms. The van der Waals surface area contributed by atoms with Crippen LogP contribution in [0.15, 0.2) is 30.3 Å². The minimum absolute atomic E-state index is 0.0980. The van der Waals surface area contributed by atoms with Crippen molar-refractivity contribution in [3.05, 3.63) is 52.2 Å². The van der Waals surface area contributed by atoms with Crippen LogP contribution in [0.3, 0.4) is 0 Å². The van der Waals surface area contributed by atoms with Crippen LogP contribution < -0.4 is 4.31 Å². The molecule has 1 aliphatic heterocycles. The van der Waals surface area contributed by atoms with E-state index in [9.17, 15) is 18.3 Å². The monoisotopic (exact) mass is 518 g/mol. The molecule has 0 saturated carbocycles. The van der Waals surface area contributed by atoms with Gasteiger partial charge in [0.1, 0.15) is 0 Å². The first-order chi connectivity index (χ1) is 16.1. The largest absolute Gasteiger partial charge is 0.479 e. The number of aliphatic carboxylic acids is 1. The number of carbonyl (C=O) groups is 1. The van der Waals surface area contributed by atoms with Gasteiger partial charge in [-0.2, -0.15) is 0 Å². The molecule has 0 aliphatic carbocycles. The molecule has 0 amide bonds. The van der Waals surface area contributed by atoms with Gasteiger partial charge in [-0.3, -0.25) is 4.31 Å². The standard InChI is InChI=1S/C26H31ClN2O5S/c1-14-12-19-21(17-8-10-18(27)11-9-17)20(24(25(30)31)34-26(4,5)6)16(3)22-23(19)29(14)15(2)13-28(22)35(7,32)33/h8-12,15,24H,13H2,1-7H3,(H,30,31). The van der Waals surface area contributed by atoms with Crippen molar-refractivity contribution in [2.45, 2.75) is 59.3 Å². The smallest absolute Gasteiger partial charge is 0.337 e. The summed E-state index contributed by atoms with van der Waals surface area (Å²) in [7, 11) is -3.63. The van der Waals surface area contributed by atoms with Crippen LogP contribution in [0, 0.1) is 13.8 Å². The Labute approximate surface area is 211 Å². The number of nitrogens with zero attached hydrogens (tertiary/aromatic N) is 2. The number of ether oxygens (including phenoxy) is 1. The van der Waals surface area contributed by atoms with Crippen molar-refractivity contribution in [2.75, 3.05) is 17.1 Å². The van der Waals surface area contributed by atoms with Crippen LogP contribution in [0.25, 0.3) is 22.0 Å². The zero-order chi connectivity index (χ0) is 26.0. The lowest BCUT2D eigenvalue weighted by atomic mass is 9.87. The summed E-state index contributed by atoms with van der Waals surface area (Å²) in [6.45, 7) is 11.4.